The Balaban J connectivity index is 1.08. The molecule has 0 radical (unpaired) electrons. The molecule has 0 saturated carbocycles. The molecule has 10 heteroatoms. The zero-order valence-corrected chi connectivity index (χ0v) is 25.5. The molecule has 5 aromatic rings. The molecule has 218 valence electrons. The lowest BCUT2D eigenvalue weighted by Gasteiger charge is -2.33. The van der Waals surface area contributed by atoms with Crippen LogP contribution in [0.25, 0.3) is 23.2 Å². The molecule has 0 atom stereocenters. The lowest BCUT2D eigenvalue weighted by Crippen LogP contribution is -2.48. The average molecular weight is 609 g/mol. The maximum atomic E-state index is 13.2. The van der Waals surface area contributed by atoms with Crippen molar-refractivity contribution in [2.45, 2.75) is 10.9 Å². The van der Waals surface area contributed by atoms with Crippen molar-refractivity contribution in [3.63, 3.8) is 0 Å². The van der Waals surface area contributed by atoms with Gasteiger partial charge in [-0.05, 0) is 29.8 Å². The second-order valence-electron chi connectivity index (χ2n) is 10.0. The van der Waals surface area contributed by atoms with Crippen molar-refractivity contribution in [1.82, 2.24) is 29.5 Å². The van der Waals surface area contributed by atoms with Crippen molar-refractivity contribution >= 4 is 35.1 Å². The minimum atomic E-state index is -0.000240. The lowest BCUT2D eigenvalue weighted by molar-refractivity contribution is 0.0645. The Bertz CT molecular complexity index is 1680. The van der Waals surface area contributed by atoms with Gasteiger partial charge in [0, 0.05) is 49.4 Å². The number of amides is 1. The summed E-state index contributed by atoms with van der Waals surface area (Å²) in [7, 11) is 1.65. The van der Waals surface area contributed by atoms with Crippen LogP contribution in [0.15, 0.2) is 102 Å². The monoisotopic (exact) mass is 608 g/mol. The number of aromatic nitrogens is 4. The number of carbonyl (C=O) groups excluding carboxylic acids is 1. The summed E-state index contributed by atoms with van der Waals surface area (Å²) >= 11 is 3.06. The van der Waals surface area contributed by atoms with Crippen molar-refractivity contribution in [2.24, 2.45) is 0 Å². The summed E-state index contributed by atoms with van der Waals surface area (Å²) in [5, 5.41) is 12.6. The topological polar surface area (TPSA) is 76.4 Å². The summed E-state index contributed by atoms with van der Waals surface area (Å²) in [5.74, 6) is 2.08. The summed E-state index contributed by atoms with van der Waals surface area (Å²) < 4.78 is 7.48. The molecule has 0 aliphatic carbocycles. The third-order valence-electron chi connectivity index (χ3n) is 7.20. The van der Waals surface area contributed by atoms with E-state index in [9.17, 15) is 4.79 Å². The summed E-state index contributed by atoms with van der Waals surface area (Å²) in [6, 6.07) is 28.2. The first-order valence-corrected chi connectivity index (χ1v) is 16.0. The number of thiazole rings is 1. The van der Waals surface area contributed by atoms with E-state index in [1.54, 1.807) is 18.9 Å². The standard InChI is InChI=1S/C33H32N6O2S2/c1-41-28-16-8-13-26(22-28)31-35-36-33(39(31)27-14-6-3-7-15-27)43-24-30-34-29(23-42-30)32(40)38-20-18-37(19-21-38)17-9-12-25-10-4-2-5-11-25/h2-16,22-23H,17-21,24H2,1H3. The predicted molar refractivity (Wildman–Crippen MR) is 173 cm³/mol. The van der Waals surface area contributed by atoms with Crippen LogP contribution in [0.5, 0.6) is 5.75 Å². The number of para-hydroxylation sites is 1. The van der Waals surface area contributed by atoms with Gasteiger partial charge in [0.1, 0.15) is 16.5 Å². The van der Waals surface area contributed by atoms with Crippen molar-refractivity contribution in [2.75, 3.05) is 39.8 Å². The van der Waals surface area contributed by atoms with Gasteiger partial charge in [0.2, 0.25) is 0 Å². The van der Waals surface area contributed by atoms with E-state index < -0.39 is 0 Å². The van der Waals surface area contributed by atoms with Crippen molar-refractivity contribution < 1.29 is 9.53 Å². The van der Waals surface area contributed by atoms with Gasteiger partial charge in [0.25, 0.3) is 5.91 Å². The van der Waals surface area contributed by atoms with E-state index in [-0.39, 0.29) is 5.91 Å². The summed E-state index contributed by atoms with van der Waals surface area (Å²) in [6.07, 6.45) is 4.34. The van der Waals surface area contributed by atoms with Gasteiger partial charge in [-0.1, -0.05) is 84.6 Å². The number of rotatable bonds is 10. The van der Waals surface area contributed by atoms with E-state index >= 15 is 0 Å². The van der Waals surface area contributed by atoms with Crippen LogP contribution in [-0.4, -0.2) is 75.3 Å². The van der Waals surface area contributed by atoms with Crippen LogP contribution in [0.1, 0.15) is 21.1 Å². The fourth-order valence-corrected chi connectivity index (χ4v) is 6.66. The number of hydrogen-bond acceptors (Lipinski definition) is 8. The molecule has 1 aliphatic heterocycles. The maximum Gasteiger partial charge on any atom is 0.273 e. The molecular weight excluding hydrogens is 577 g/mol. The Morgan fingerprint density at radius 3 is 2.49 bits per heavy atom. The van der Waals surface area contributed by atoms with Gasteiger partial charge in [0.05, 0.1) is 12.9 Å². The molecule has 1 saturated heterocycles. The van der Waals surface area contributed by atoms with Crippen molar-refractivity contribution in [3.8, 4) is 22.8 Å². The molecule has 0 spiro atoms. The Morgan fingerprint density at radius 2 is 1.72 bits per heavy atom. The molecule has 0 bridgehead atoms. The number of methoxy groups -OCH3 is 1. The number of carbonyl (C=O) groups is 1. The highest BCUT2D eigenvalue weighted by Gasteiger charge is 2.24. The Morgan fingerprint density at radius 1 is 0.953 bits per heavy atom. The van der Waals surface area contributed by atoms with Crippen LogP contribution in [0.3, 0.4) is 0 Å². The Hall–Kier alpha value is -4.25. The molecule has 3 heterocycles. The van der Waals surface area contributed by atoms with Gasteiger partial charge in [-0.3, -0.25) is 14.3 Å². The second kappa shape index (κ2) is 13.8. The molecule has 43 heavy (non-hydrogen) atoms. The van der Waals surface area contributed by atoms with Crippen LogP contribution < -0.4 is 4.74 Å². The van der Waals surface area contributed by atoms with E-state index in [1.807, 2.05) is 87.6 Å². The van der Waals surface area contributed by atoms with E-state index in [1.165, 1.54) is 16.9 Å². The molecule has 1 amide bonds. The van der Waals surface area contributed by atoms with Crippen molar-refractivity contribution in [1.29, 1.82) is 0 Å². The van der Waals surface area contributed by atoms with Crippen LogP contribution >= 0.6 is 23.1 Å². The van der Waals surface area contributed by atoms with Gasteiger partial charge >= 0.3 is 0 Å². The molecular formula is C33H32N6O2S2. The van der Waals surface area contributed by atoms with Gasteiger partial charge in [-0.25, -0.2) is 4.98 Å². The zero-order chi connectivity index (χ0) is 29.4. The first-order valence-electron chi connectivity index (χ1n) is 14.1. The quantitative estimate of drug-likeness (QED) is 0.176. The minimum Gasteiger partial charge on any atom is -0.497 e. The molecule has 8 nitrogen and oxygen atoms in total. The van der Waals surface area contributed by atoms with Crippen LogP contribution in [-0.2, 0) is 5.75 Å². The fraction of sp³-hybridized carbons (Fsp3) is 0.212. The number of benzene rings is 3. The highest BCUT2D eigenvalue weighted by atomic mass is 32.2. The molecule has 1 fully saturated rings. The molecule has 3 aromatic carbocycles. The average Bonchev–Trinajstić information content (AvgIpc) is 3.72. The summed E-state index contributed by atoms with van der Waals surface area (Å²) in [4.78, 5) is 22.2. The number of thioether (sulfide) groups is 1. The Labute approximate surface area is 259 Å². The molecule has 0 N–H and O–H groups in total. The van der Waals surface area contributed by atoms with Gasteiger partial charge < -0.3 is 9.64 Å². The van der Waals surface area contributed by atoms with E-state index in [4.69, 9.17) is 9.72 Å². The lowest BCUT2D eigenvalue weighted by atomic mass is 10.2. The highest BCUT2D eigenvalue weighted by molar-refractivity contribution is 7.98. The van der Waals surface area contributed by atoms with Crippen LogP contribution in [0, 0.1) is 0 Å². The smallest absolute Gasteiger partial charge is 0.273 e. The third kappa shape index (κ3) is 7.05. The summed E-state index contributed by atoms with van der Waals surface area (Å²) in [6.45, 7) is 3.98. The van der Waals surface area contributed by atoms with Gasteiger partial charge in [0.15, 0.2) is 11.0 Å². The number of piperazine rings is 1. The molecule has 6 rings (SSSR count). The van der Waals surface area contributed by atoms with Crippen LogP contribution in [0.4, 0.5) is 0 Å². The first kappa shape index (κ1) is 28.9. The molecule has 2 aromatic heterocycles. The number of nitrogens with zero attached hydrogens (tertiary/aromatic N) is 6. The Kier molecular flexibility index (Phi) is 9.27. The van der Waals surface area contributed by atoms with E-state index in [0.29, 0.717) is 24.5 Å². The predicted octanol–water partition coefficient (Wildman–Crippen LogP) is 6.16. The second-order valence-corrected chi connectivity index (χ2v) is 11.9. The maximum absolute atomic E-state index is 13.2. The fourth-order valence-electron chi connectivity index (χ4n) is 4.92. The van der Waals surface area contributed by atoms with E-state index in [2.05, 4.69) is 39.4 Å². The third-order valence-corrected chi connectivity index (χ3v) is 9.18. The SMILES string of the molecule is COc1cccc(-c2nnc(SCc3nc(C(=O)N4CCN(CC=Cc5ccccc5)CC4)cs3)n2-c2ccccc2)c1. The van der Waals surface area contributed by atoms with Gasteiger partial charge in [-0.2, -0.15) is 0 Å². The molecule has 0 unspecified atom stereocenters. The largest absolute Gasteiger partial charge is 0.497 e. The van der Waals surface area contributed by atoms with Crippen molar-refractivity contribution in [3.05, 3.63) is 113 Å². The number of ether oxygens (including phenoxy) is 1. The molecule has 1 aliphatic rings. The van der Waals surface area contributed by atoms with Gasteiger partial charge in [-0.15, -0.1) is 21.5 Å². The van der Waals surface area contributed by atoms with Crippen LogP contribution in [0.2, 0.25) is 0 Å². The highest BCUT2D eigenvalue weighted by Crippen LogP contribution is 2.31. The normalized spacial score (nSPS) is 13.9. The minimum absolute atomic E-state index is 0.000240. The zero-order valence-electron chi connectivity index (χ0n) is 23.9. The van der Waals surface area contributed by atoms with E-state index in [0.717, 1.165) is 52.6 Å². The number of hydrogen-bond donors (Lipinski definition) is 0. The summed E-state index contributed by atoms with van der Waals surface area (Å²) in [5.41, 5.74) is 3.60. The first-order chi connectivity index (χ1) is 21.2.